The van der Waals surface area contributed by atoms with Crippen LogP contribution >= 0.6 is 0 Å². The van der Waals surface area contributed by atoms with E-state index in [2.05, 4.69) is 27.7 Å². The van der Waals surface area contributed by atoms with Crippen LogP contribution in [0.25, 0.3) is 0 Å². The van der Waals surface area contributed by atoms with E-state index in [1.807, 2.05) is 0 Å². The van der Waals surface area contributed by atoms with Gasteiger partial charge in [-0.1, -0.05) is 27.7 Å². The lowest BCUT2D eigenvalue weighted by Gasteiger charge is -2.40. The van der Waals surface area contributed by atoms with Gasteiger partial charge < -0.3 is 11.5 Å². The van der Waals surface area contributed by atoms with Gasteiger partial charge in [-0.15, -0.1) is 0 Å². The van der Waals surface area contributed by atoms with Crippen molar-refractivity contribution >= 4 is 0 Å². The van der Waals surface area contributed by atoms with E-state index < -0.39 is 0 Å². The molecule has 0 aliphatic heterocycles. The molecule has 2 saturated carbocycles. The second-order valence-corrected chi connectivity index (χ2v) is 9.70. The molecule has 6 atom stereocenters. The average molecular weight is 323 g/mol. The minimum atomic E-state index is 0.460. The van der Waals surface area contributed by atoms with E-state index in [4.69, 9.17) is 11.5 Å². The van der Waals surface area contributed by atoms with Gasteiger partial charge in [0.25, 0.3) is 0 Å². The van der Waals surface area contributed by atoms with Crippen LogP contribution in [0.15, 0.2) is 0 Å². The molecule has 0 aromatic heterocycles. The number of nitrogens with two attached hydrogens (primary N) is 2. The third-order valence-corrected chi connectivity index (χ3v) is 6.51. The van der Waals surface area contributed by atoms with Crippen molar-refractivity contribution in [3.63, 3.8) is 0 Å². The summed E-state index contributed by atoms with van der Waals surface area (Å²) >= 11 is 0. The molecule has 2 aliphatic rings. The fourth-order valence-electron chi connectivity index (χ4n) is 5.42. The van der Waals surface area contributed by atoms with Gasteiger partial charge in [-0.05, 0) is 93.3 Å². The maximum Gasteiger partial charge on any atom is 0.00674 e. The molecule has 0 bridgehead atoms. The molecule has 0 saturated heterocycles. The summed E-state index contributed by atoms with van der Waals surface area (Å²) in [7, 11) is 0. The summed E-state index contributed by atoms with van der Waals surface area (Å²) in [6.07, 6.45) is 12.1. The molecular formula is C21H42N2. The van der Waals surface area contributed by atoms with Gasteiger partial charge in [0.05, 0.1) is 0 Å². The summed E-state index contributed by atoms with van der Waals surface area (Å²) in [6.45, 7) is 9.37. The first kappa shape index (κ1) is 19.2. The second kappa shape index (κ2) is 8.85. The first-order chi connectivity index (χ1) is 10.8. The van der Waals surface area contributed by atoms with Crippen LogP contribution in [0.5, 0.6) is 0 Å². The van der Waals surface area contributed by atoms with E-state index in [1.165, 1.54) is 57.8 Å². The Hall–Kier alpha value is -0.0800. The Morgan fingerprint density at radius 3 is 1.43 bits per heavy atom. The van der Waals surface area contributed by atoms with Crippen LogP contribution in [-0.4, -0.2) is 12.1 Å². The number of rotatable bonds is 6. The highest BCUT2D eigenvalue weighted by atomic mass is 14.7. The molecule has 2 rings (SSSR count). The monoisotopic (exact) mass is 322 g/mol. The molecule has 4 N–H and O–H groups in total. The summed E-state index contributed by atoms with van der Waals surface area (Å²) < 4.78 is 0. The van der Waals surface area contributed by atoms with Crippen molar-refractivity contribution in [3.05, 3.63) is 0 Å². The highest BCUT2D eigenvalue weighted by molar-refractivity contribution is 4.88. The highest BCUT2D eigenvalue weighted by Crippen LogP contribution is 2.41. The quantitative estimate of drug-likeness (QED) is 0.726. The van der Waals surface area contributed by atoms with Crippen LogP contribution in [0.1, 0.15) is 85.5 Å². The van der Waals surface area contributed by atoms with E-state index >= 15 is 0 Å². The molecule has 0 amide bonds. The van der Waals surface area contributed by atoms with Gasteiger partial charge in [-0.3, -0.25) is 0 Å². The second-order valence-electron chi connectivity index (χ2n) is 9.70. The first-order valence-electron chi connectivity index (χ1n) is 10.4. The molecule has 2 aliphatic carbocycles. The Bertz CT molecular complexity index is 307. The van der Waals surface area contributed by atoms with Crippen molar-refractivity contribution in [2.24, 2.45) is 47.0 Å². The lowest BCUT2D eigenvalue weighted by atomic mass is 9.68. The summed E-state index contributed by atoms with van der Waals surface area (Å²) in [5.74, 6) is 4.97. The van der Waals surface area contributed by atoms with Gasteiger partial charge in [-0.25, -0.2) is 0 Å². The molecule has 0 spiro atoms. The van der Waals surface area contributed by atoms with Gasteiger partial charge >= 0.3 is 0 Å². The first-order valence-corrected chi connectivity index (χ1v) is 10.4. The molecule has 0 radical (unpaired) electrons. The van der Waals surface area contributed by atoms with Crippen LogP contribution in [0.4, 0.5) is 0 Å². The minimum absolute atomic E-state index is 0.460. The van der Waals surface area contributed by atoms with Gasteiger partial charge in [0, 0.05) is 12.1 Å². The predicted molar refractivity (Wildman–Crippen MR) is 101 cm³/mol. The minimum Gasteiger partial charge on any atom is -0.327 e. The molecule has 0 heterocycles. The lowest BCUT2D eigenvalue weighted by molar-refractivity contribution is 0.140. The van der Waals surface area contributed by atoms with Crippen molar-refractivity contribution in [2.75, 3.05) is 0 Å². The maximum atomic E-state index is 6.40. The van der Waals surface area contributed by atoms with Crippen LogP contribution in [0.2, 0.25) is 0 Å². The average Bonchev–Trinajstić information content (AvgIpc) is 2.45. The third kappa shape index (κ3) is 6.05. The van der Waals surface area contributed by atoms with E-state index in [9.17, 15) is 0 Å². The van der Waals surface area contributed by atoms with Gasteiger partial charge in [-0.2, -0.15) is 0 Å². The maximum absolute atomic E-state index is 6.40. The summed E-state index contributed by atoms with van der Waals surface area (Å²) in [6, 6.07) is 0.921. The zero-order chi connectivity index (χ0) is 17.0. The Morgan fingerprint density at radius 2 is 1.09 bits per heavy atom. The Labute approximate surface area is 145 Å². The Kier molecular flexibility index (Phi) is 7.41. The molecule has 6 unspecified atom stereocenters. The topological polar surface area (TPSA) is 52.0 Å². The van der Waals surface area contributed by atoms with E-state index in [0.717, 1.165) is 35.5 Å². The summed E-state index contributed by atoms with van der Waals surface area (Å²) in [5.41, 5.74) is 12.8. The van der Waals surface area contributed by atoms with Crippen LogP contribution in [0.3, 0.4) is 0 Å². The zero-order valence-corrected chi connectivity index (χ0v) is 16.1. The van der Waals surface area contributed by atoms with Crippen molar-refractivity contribution in [2.45, 2.75) is 97.6 Å². The van der Waals surface area contributed by atoms with Crippen LogP contribution in [0, 0.1) is 35.5 Å². The highest BCUT2D eigenvalue weighted by Gasteiger charge is 2.33. The molecule has 23 heavy (non-hydrogen) atoms. The van der Waals surface area contributed by atoms with Gasteiger partial charge in [0.15, 0.2) is 0 Å². The molecule has 2 heteroatoms. The van der Waals surface area contributed by atoms with E-state index in [0.29, 0.717) is 12.1 Å². The van der Waals surface area contributed by atoms with E-state index in [-0.39, 0.29) is 0 Å². The van der Waals surface area contributed by atoms with Crippen molar-refractivity contribution < 1.29 is 0 Å². The van der Waals surface area contributed by atoms with Crippen molar-refractivity contribution in [3.8, 4) is 0 Å². The standard InChI is InChI=1S/C21H42N2/c1-14(2)9-18-12-16(5-7-20(18)22)11-17-6-8-21(23)19(13-17)10-15(3)4/h14-21H,5-13,22-23H2,1-4H3. The van der Waals surface area contributed by atoms with Gasteiger partial charge in [0.1, 0.15) is 0 Å². The summed E-state index contributed by atoms with van der Waals surface area (Å²) in [5, 5.41) is 0. The summed E-state index contributed by atoms with van der Waals surface area (Å²) in [4.78, 5) is 0. The number of hydrogen-bond acceptors (Lipinski definition) is 2. The van der Waals surface area contributed by atoms with Crippen LogP contribution in [-0.2, 0) is 0 Å². The predicted octanol–water partition coefficient (Wildman–Crippen LogP) is 4.96. The van der Waals surface area contributed by atoms with Crippen molar-refractivity contribution in [1.29, 1.82) is 0 Å². The molecule has 0 aromatic carbocycles. The molecular weight excluding hydrogens is 280 g/mol. The number of hydrogen-bond donors (Lipinski definition) is 2. The molecule has 2 nitrogen and oxygen atoms in total. The Balaban J connectivity index is 1.83. The van der Waals surface area contributed by atoms with E-state index in [1.54, 1.807) is 0 Å². The normalized spacial score (nSPS) is 39.1. The fraction of sp³-hybridized carbons (Fsp3) is 1.00. The SMILES string of the molecule is CC(C)CC1CC(CC2CCC(N)C(CC(C)C)C2)CCC1N. The van der Waals surface area contributed by atoms with Crippen LogP contribution < -0.4 is 11.5 Å². The van der Waals surface area contributed by atoms with Crippen molar-refractivity contribution in [1.82, 2.24) is 0 Å². The molecule has 0 aromatic rings. The molecule has 2 fully saturated rings. The largest absolute Gasteiger partial charge is 0.327 e. The lowest BCUT2D eigenvalue weighted by Crippen LogP contribution is -2.39. The third-order valence-electron chi connectivity index (χ3n) is 6.51. The zero-order valence-electron chi connectivity index (χ0n) is 16.1. The molecule has 136 valence electrons. The fourth-order valence-corrected chi connectivity index (χ4v) is 5.42. The Morgan fingerprint density at radius 1 is 0.696 bits per heavy atom. The smallest absolute Gasteiger partial charge is 0.00674 e. The van der Waals surface area contributed by atoms with Gasteiger partial charge in [0.2, 0.25) is 0 Å².